The van der Waals surface area contributed by atoms with Crippen LogP contribution in [0.1, 0.15) is 39.2 Å². The number of amides is 1. The molecule has 2 atom stereocenters. The maximum atomic E-state index is 12.5. The van der Waals surface area contributed by atoms with Gasteiger partial charge in [-0.3, -0.25) is 0 Å². The Morgan fingerprint density at radius 3 is 2.46 bits per heavy atom. The lowest BCUT2D eigenvalue weighted by Crippen LogP contribution is -2.35. The molecule has 2 aromatic rings. The zero-order valence-electron chi connectivity index (χ0n) is 15.8. The standard InChI is InChI=1S/C22H26BrNO2/c1-15-13-24(21(25)26-22(2,3)4)14-20(15)18-11-10-17(23)12-19(18)16-8-6-5-7-9-16/h5-12,15,20H,13-14H2,1-4H3/t15-,20-/m0/s1. The van der Waals surface area contributed by atoms with Crippen molar-refractivity contribution >= 4 is 22.0 Å². The van der Waals surface area contributed by atoms with Gasteiger partial charge in [0.25, 0.3) is 0 Å². The molecule has 0 radical (unpaired) electrons. The van der Waals surface area contributed by atoms with Crippen LogP contribution in [-0.2, 0) is 4.74 Å². The second-order valence-electron chi connectivity index (χ2n) is 8.07. The van der Waals surface area contributed by atoms with Gasteiger partial charge >= 0.3 is 6.09 Å². The summed E-state index contributed by atoms with van der Waals surface area (Å²) >= 11 is 3.60. The molecule has 1 heterocycles. The van der Waals surface area contributed by atoms with E-state index in [2.05, 4.69) is 65.3 Å². The van der Waals surface area contributed by atoms with E-state index in [0.717, 1.165) is 11.0 Å². The van der Waals surface area contributed by atoms with Gasteiger partial charge in [-0.15, -0.1) is 0 Å². The number of benzene rings is 2. The number of carbonyl (C=O) groups is 1. The Labute approximate surface area is 164 Å². The molecule has 0 bridgehead atoms. The summed E-state index contributed by atoms with van der Waals surface area (Å²) in [6, 6.07) is 16.9. The Morgan fingerprint density at radius 2 is 1.81 bits per heavy atom. The number of halogens is 1. The van der Waals surface area contributed by atoms with E-state index in [0.29, 0.717) is 18.4 Å². The topological polar surface area (TPSA) is 29.5 Å². The number of carbonyl (C=O) groups excluding carboxylic acids is 1. The Kier molecular flexibility index (Phi) is 5.42. The summed E-state index contributed by atoms with van der Waals surface area (Å²) in [6.45, 7) is 9.35. The van der Waals surface area contributed by atoms with Gasteiger partial charge in [-0.2, -0.15) is 0 Å². The van der Waals surface area contributed by atoms with E-state index in [1.54, 1.807) is 0 Å². The molecule has 0 saturated carbocycles. The molecule has 26 heavy (non-hydrogen) atoms. The molecule has 1 aliphatic heterocycles. The quantitative estimate of drug-likeness (QED) is 0.593. The third-order valence-electron chi connectivity index (χ3n) is 4.76. The molecular formula is C22H26BrNO2. The number of rotatable bonds is 2. The first kappa shape index (κ1) is 19.0. The van der Waals surface area contributed by atoms with Crippen molar-refractivity contribution in [3.63, 3.8) is 0 Å². The van der Waals surface area contributed by atoms with Crippen molar-refractivity contribution in [1.29, 1.82) is 0 Å². The van der Waals surface area contributed by atoms with Gasteiger partial charge in [0.05, 0.1) is 0 Å². The first-order valence-electron chi connectivity index (χ1n) is 9.07. The van der Waals surface area contributed by atoms with Crippen LogP contribution in [0.4, 0.5) is 4.79 Å². The molecular weight excluding hydrogens is 390 g/mol. The van der Waals surface area contributed by atoms with E-state index in [1.807, 2.05) is 31.7 Å². The van der Waals surface area contributed by atoms with E-state index in [-0.39, 0.29) is 6.09 Å². The van der Waals surface area contributed by atoms with E-state index in [9.17, 15) is 4.79 Å². The van der Waals surface area contributed by atoms with Crippen LogP contribution < -0.4 is 0 Å². The summed E-state index contributed by atoms with van der Waals surface area (Å²) in [6.07, 6.45) is -0.217. The number of hydrogen-bond acceptors (Lipinski definition) is 2. The van der Waals surface area contributed by atoms with Crippen LogP contribution in [0.25, 0.3) is 11.1 Å². The molecule has 1 fully saturated rings. The van der Waals surface area contributed by atoms with Crippen molar-refractivity contribution in [3.05, 3.63) is 58.6 Å². The maximum absolute atomic E-state index is 12.5. The molecule has 0 spiro atoms. The summed E-state index contributed by atoms with van der Waals surface area (Å²) in [5.41, 5.74) is 3.25. The van der Waals surface area contributed by atoms with Crippen molar-refractivity contribution in [3.8, 4) is 11.1 Å². The summed E-state index contributed by atoms with van der Waals surface area (Å²) < 4.78 is 6.63. The van der Waals surface area contributed by atoms with E-state index < -0.39 is 5.60 Å². The van der Waals surface area contributed by atoms with Crippen molar-refractivity contribution in [2.75, 3.05) is 13.1 Å². The zero-order valence-corrected chi connectivity index (χ0v) is 17.4. The minimum absolute atomic E-state index is 0.217. The lowest BCUT2D eigenvalue weighted by Gasteiger charge is -2.24. The monoisotopic (exact) mass is 415 g/mol. The van der Waals surface area contributed by atoms with Gasteiger partial charge in [-0.1, -0.05) is 59.3 Å². The summed E-state index contributed by atoms with van der Waals surface area (Å²) in [5.74, 6) is 0.678. The Balaban J connectivity index is 1.89. The molecule has 1 aliphatic rings. The highest BCUT2D eigenvalue weighted by atomic mass is 79.9. The molecule has 138 valence electrons. The number of ether oxygens (including phenoxy) is 1. The highest BCUT2D eigenvalue weighted by Gasteiger charge is 2.36. The summed E-state index contributed by atoms with van der Waals surface area (Å²) in [7, 11) is 0. The molecule has 0 N–H and O–H groups in total. The lowest BCUT2D eigenvalue weighted by atomic mass is 9.85. The van der Waals surface area contributed by atoms with Crippen molar-refractivity contribution in [2.24, 2.45) is 5.92 Å². The number of hydrogen-bond donors (Lipinski definition) is 0. The maximum Gasteiger partial charge on any atom is 0.410 e. The highest BCUT2D eigenvalue weighted by molar-refractivity contribution is 9.10. The normalized spacial score (nSPS) is 20.3. The van der Waals surface area contributed by atoms with Crippen LogP contribution in [0.2, 0.25) is 0 Å². The van der Waals surface area contributed by atoms with Crippen LogP contribution in [-0.4, -0.2) is 29.7 Å². The Hall–Kier alpha value is -1.81. The molecule has 0 aromatic heterocycles. The number of nitrogens with zero attached hydrogens (tertiary/aromatic N) is 1. The van der Waals surface area contributed by atoms with E-state index in [4.69, 9.17) is 4.74 Å². The van der Waals surface area contributed by atoms with Crippen molar-refractivity contribution in [2.45, 2.75) is 39.2 Å². The first-order chi connectivity index (χ1) is 12.2. The van der Waals surface area contributed by atoms with Crippen LogP contribution in [0.5, 0.6) is 0 Å². The van der Waals surface area contributed by atoms with Crippen LogP contribution in [0.3, 0.4) is 0 Å². The van der Waals surface area contributed by atoms with E-state index >= 15 is 0 Å². The molecule has 2 aromatic carbocycles. The minimum Gasteiger partial charge on any atom is -0.444 e. The highest BCUT2D eigenvalue weighted by Crippen LogP contribution is 2.39. The fourth-order valence-corrected chi connectivity index (χ4v) is 3.93. The van der Waals surface area contributed by atoms with Crippen molar-refractivity contribution in [1.82, 2.24) is 4.90 Å². The average Bonchev–Trinajstić information content (AvgIpc) is 2.96. The molecule has 1 amide bonds. The van der Waals surface area contributed by atoms with Gasteiger partial charge in [-0.25, -0.2) is 4.79 Å². The zero-order chi connectivity index (χ0) is 18.9. The van der Waals surface area contributed by atoms with Gasteiger partial charge in [-0.05, 0) is 55.5 Å². The lowest BCUT2D eigenvalue weighted by molar-refractivity contribution is 0.0287. The fourth-order valence-electron chi connectivity index (χ4n) is 3.57. The van der Waals surface area contributed by atoms with Gasteiger partial charge < -0.3 is 9.64 Å². The molecule has 4 heteroatoms. The fraction of sp³-hybridized carbons (Fsp3) is 0.409. The molecule has 3 rings (SSSR count). The molecule has 3 nitrogen and oxygen atoms in total. The predicted octanol–water partition coefficient (Wildman–Crippen LogP) is 6.09. The SMILES string of the molecule is C[C@H]1CN(C(=O)OC(C)(C)C)C[C@@H]1c1ccc(Br)cc1-c1ccccc1. The average molecular weight is 416 g/mol. The van der Waals surface area contributed by atoms with Crippen LogP contribution in [0, 0.1) is 5.92 Å². The third kappa shape index (κ3) is 4.29. The van der Waals surface area contributed by atoms with Crippen LogP contribution >= 0.6 is 15.9 Å². The van der Waals surface area contributed by atoms with Gasteiger partial charge in [0, 0.05) is 23.5 Å². The first-order valence-corrected chi connectivity index (χ1v) is 9.86. The van der Waals surface area contributed by atoms with Gasteiger partial charge in [0.15, 0.2) is 0 Å². The molecule has 1 saturated heterocycles. The van der Waals surface area contributed by atoms with E-state index in [1.165, 1.54) is 16.7 Å². The minimum atomic E-state index is -0.467. The largest absolute Gasteiger partial charge is 0.444 e. The van der Waals surface area contributed by atoms with Crippen LogP contribution in [0.15, 0.2) is 53.0 Å². The Bertz CT molecular complexity index is 782. The smallest absolute Gasteiger partial charge is 0.410 e. The van der Waals surface area contributed by atoms with Gasteiger partial charge in [0.2, 0.25) is 0 Å². The second kappa shape index (κ2) is 7.43. The number of likely N-dealkylation sites (tertiary alicyclic amines) is 1. The summed E-state index contributed by atoms with van der Waals surface area (Å²) in [5, 5.41) is 0. The third-order valence-corrected chi connectivity index (χ3v) is 5.26. The molecule has 0 aliphatic carbocycles. The Morgan fingerprint density at radius 1 is 1.12 bits per heavy atom. The van der Waals surface area contributed by atoms with Gasteiger partial charge in [0.1, 0.15) is 5.60 Å². The summed E-state index contributed by atoms with van der Waals surface area (Å²) in [4.78, 5) is 14.3. The van der Waals surface area contributed by atoms with Crippen molar-refractivity contribution < 1.29 is 9.53 Å². The molecule has 0 unspecified atom stereocenters. The second-order valence-corrected chi connectivity index (χ2v) is 8.98. The predicted molar refractivity (Wildman–Crippen MR) is 109 cm³/mol.